The van der Waals surface area contributed by atoms with Crippen molar-refractivity contribution >= 4 is 54.9 Å². The second-order valence-corrected chi connectivity index (χ2v) is 15.6. The molecule has 270 valence electrons. The van der Waals surface area contributed by atoms with Crippen LogP contribution in [-0.2, 0) is 19.6 Å². The number of alkyl halides is 3. The fraction of sp³-hybridized carbons (Fsp3) is 0.286. The molecule has 0 spiro atoms. The molecule has 5 aromatic rings. The third-order valence-electron chi connectivity index (χ3n) is 8.13. The highest BCUT2D eigenvalue weighted by Crippen LogP contribution is 2.41. The summed E-state index contributed by atoms with van der Waals surface area (Å²) in [5.74, 6) is -2.05. The Balaban J connectivity index is 1.50. The summed E-state index contributed by atoms with van der Waals surface area (Å²) in [5.41, 5.74) is 3.30. The van der Waals surface area contributed by atoms with Crippen LogP contribution in [0.25, 0.3) is 10.2 Å². The van der Waals surface area contributed by atoms with Crippen LogP contribution in [-0.4, -0.2) is 66.8 Å². The molecule has 2 heterocycles. The third-order valence-corrected chi connectivity index (χ3v) is 12.3. The molecule has 0 fully saturated rings. The summed E-state index contributed by atoms with van der Waals surface area (Å²) in [5, 5.41) is 15.0. The Bertz CT molecular complexity index is 2020. The highest BCUT2D eigenvalue weighted by molar-refractivity contribution is 7.89. The van der Waals surface area contributed by atoms with Gasteiger partial charge in [0.2, 0.25) is 15.9 Å². The number of amides is 2. The number of aromatic nitrogens is 1. The number of sulfonamides is 1. The maximum atomic E-state index is 14.8. The molecule has 0 bridgehead atoms. The zero-order valence-electron chi connectivity index (χ0n) is 27.6. The number of halogens is 3. The van der Waals surface area contributed by atoms with E-state index >= 15 is 0 Å². The SMILES string of the molecule is COC(=O)N[C@H](C(=O)N[C@H](c1ccc([C@@H](CO)N(C(C)C)S(=O)(=O)c2ccc3ncsc3c2)s1)C(F)(F)F)C(c1ccccc1)c1ccccc1. The molecule has 0 unspecified atom stereocenters. The van der Waals surface area contributed by atoms with Crippen LogP contribution in [0.5, 0.6) is 0 Å². The lowest BCUT2D eigenvalue weighted by Crippen LogP contribution is -2.52. The highest BCUT2D eigenvalue weighted by Gasteiger charge is 2.46. The molecule has 0 aliphatic heterocycles. The maximum absolute atomic E-state index is 14.8. The lowest BCUT2D eigenvalue weighted by atomic mass is 9.84. The summed E-state index contributed by atoms with van der Waals surface area (Å²) in [6.07, 6.45) is -6.03. The summed E-state index contributed by atoms with van der Waals surface area (Å²) in [6.45, 7) is 2.47. The number of nitrogens with one attached hydrogen (secondary N) is 2. The average Bonchev–Trinajstić information content (AvgIpc) is 3.79. The normalized spacial score (nSPS) is 14.1. The first kappa shape index (κ1) is 37.9. The maximum Gasteiger partial charge on any atom is 0.413 e. The van der Waals surface area contributed by atoms with E-state index in [2.05, 4.69) is 15.6 Å². The second kappa shape index (κ2) is 15.9. The number of aliphatic hydroxyl groups is 1. The van der Waals surface area contributed by atoms with Crippen LogP contribution in [0.1, 0.15) is 52.7 Å². The van der Waals surface area contributed by atoms with Crippen LogP contribution in [0.2, 0.25) is 0 Å². The first-order valence-corrected chi connectivity index (χ1v) is 18.8. The van der Waals surface area contributed by atoms with E-state index in [1.807, 2.05) is 0 Å². The van der Waals surface area contributed by atoms with Gasteiger partial charge in [0.15, 0.2) is 6.04 Å². The van der Waals surface area contributed by atoms with E-state index in [1.165, 1.54) is 29.5 Å². The summed E-state index contributed by atoms with van der Waals surface area (Å²) in [7, 11) is -3.18. The number of thiophene rings is 1. The molecule has 51 heavy (non-hydrogen) atoms. The quantitative estimate of drug-likeness (QED) is 0.121. The minimum atomic E-state index is -5.01. The van der Waals surface area contributed by atoms with Gasteiger partial charge in [-0.3, -0.25) is 4.79 Å². The Morgan fingerprint density at radius 3 is 2.08 bits per heavy atom. The van der Waals surface area contributed by atoms with Crippen molar-refractivity contribution in [1.82, 2.24) is 19.9 Å². The molecule has 10 nitrogen and oxygen atoms in total. The van der Waals surface area contributed by atoms with Crippen molar-refractivity contribution in [3.8, 4) is 0 Å². The molecular formula is C35H35F3N4O6S3. The minimum absolute atomic E-state index is 0.0563. The van der Waals surface area contributed by atoms with Gasteiger partial charge >= 0.3 is 12.3 Å². The number of methoxy groups -OCH3 is 1. The molecule has 0 aliphatic carbocycles. The third kappa shape index (κ3) is 8.42. The van der Waals surface area contributed by atoms with Crippen molar-refractivity contribution in [2.24, 2.45) is 0 Å². The van der Waals surface area contributed by atoms with Gasteiger partial charge < -0.3 is 20.5 Å². The minimum Gasteiger partial charge on any atom is -0.453 e. The molecule has 3 atom stereocenters. The number of nitrogens with zero attached hydrogens (tertiary/aromatic N) is 2. The number of benzene rings is 3. The number of thiazole rings is 1. The average molecular weight is 761 g/mol. The Kier molecular flexibility index (Phi) is 11.8. The topological polar surface area (TPSA) is 138 Å². The van der Waals surface area contributed by atoms with Crippen LogP contribution in [0.15, 0.2) is 101 Å². The molecule has 0 saturated heterocycles. The fourth-order valence-electron chi connectivity index (χ4n) is 5.85. The van der Waals surface area contributed by atoms with Gasteiger partial charge in [-0.25, -0.2) is 18.2 Å². The number of hydrogen-bond acceptors (Lipinski definition) is 9. The summed E-state index contributed by atoms with van der Waals surface area (Å²) < 4.78 is 78.8. The van der Waals surface area contributed by atoms with E-state index < -0.39 is 64.9 Å². The Hall–Kier alpha value is -4.35. The molecular weight excluding hydrogens is 726 g/mol. The molecule has 0 radical (unpaired) electrons. The second-order valence-electron chi connectivity index (χ2n) is 11.7. The van der Waals surface area contributed by atoms with Crippen molar-refractivity contribution in [2.45, 2.75) is 55.0 Å². The number of aliphatic hydroxyl groups excluding tert-OH is 1. The Morgan fingerprint density at radius 1 is 0.922 bits per heavy atom. The number of ether oxygens (including phenoxy) is 1. The van der Waals surface area contributed by atoms with Crippen LogP contribution in [0, 0.1) is 0 Å². The van der Waals surface area contributed by atoms with Gasteiger partial charge in [0, 0.05) is 21.7 Å². The lowest BCUT2D eigenvalue weighted by molar-refractivity contribution is -0.163. The van der Waals surface area contributed by atoms with Gasteiger partial charge in [-0.05, 0) is 55.3 Å². The number of hydrogen-bond donors (Lipinski definition) is 3. The van der Waals surface area contributed by atoms with Crippen molar-refractivity contribution < 1.29 is 41.0 Å². The van der Waals surface area contributed by atoms with E-state index in [-0.39, 0.29) is 14.6 Å². The molecule has 3 N–H and O–H groups in total. The van der Waals surface area contributed by atoms with Gasteiger partial charge in [-0.15, -0.1) is 22.7 Å². The van der Waals surface area contributed by atoms with E-state index in [1.54, 1.807) is 86.1 Å². The Morgan fingerprint density at radius 2 is 1.53 bits per heavy atom. The smallest absolute Gasteiger partial charge is 0.413 e. The predicted molar refractivity (Wildman–Crippen MR) is 189 cm³/mol. The fourth-order valence-corrected chi connectivity index (χ4v) is 9.71. The largest absolute Gasteiger partial charge is 0.453 e. The molecule has 5 rings (SSSR count). The van der Waals surface area contributed by atoms with Crippen molar-refractivity contribution in [2.75, 3.05) is 13.7 Å². The van der Waals surface area contributed by atoms with Crippen LogP contribution < -0.4 is 10.6 Å². The van der Waals surface area contributed by atoms with Crippen molar-refractivity contribution in [1.29, 1.82) is 0 Å². The number of fused-ring (bicyclic) bond motifs is 1. The molecule has 16 heteroatoms. The zero-order chi connectivity index (χ0) is 36.9. The molecule has 0 aliphatic rings. The molecule has 0 saturated carbocycles. The van der Waals surface area contributed by atoms with Crippen LogP contribution >= 0.6 is 22.7 Å². The highest BCUT2D eigenvalue weighted by atomic mass is 32.2. The summed E-state index contributed by atoms with van der Waals surface area (Å²) in [6, 6.07) is 17.9. The lowest BCUT2D eigenvalue weighted by Gasteiger charge is -2.32. The molecule has 2 aromatic heterocycles. The van der Waals surface area contributed by atoms with Gasteiger partial charge in [-0.1, -0.05) is 60.7 Å². The van der Waals surface area contributed by atoms with E-state index in [9.17, 15) is 36.3 Å². The standard InChI is InChI=1S/C35H35F3N4O6S3/c1-21(2)42(51(46,47)24-14-15-25-29(18-24)49-20-39-25)26(19-43)27-16-17-28(50-27)32(35(36,37)38)41-33(44)31(40-34(45)48-3)30(22-10-6-4-7-11-22)23-12-8-5-9-13-23/h4-18,20-21,26,30-32,43H,19H2,1-3H3,(H,40,45)(H,41,44)/t26-,31+,32-/m1/s1. The monoisotopic (exact) mass is 760 g/mol. The van der Waals surface area contributed by atoms with E-state index in [0.717, 1.165) is 17.5 Å². The van der Waals surface area contributed by atoms with Gasteiger partial charge in [-0.2, -0.15) is 17.5 Å². The van der Waals surface area contributed by atoms with Gasteiger partial charge in [0.05, 0.1) is 40.4 Å². The first-order valence-electron chi connectivity index (χ1n) is 15.6. The van der Waals surface area contributed by atoms with Gasteiger partial charge in [0.25, 0.3) is 0 Å². The van der Waals surface area contributed by atoms with Gasteiger partial charge in [0.1, 0.15) is 6.04 Å². The Labute approximate surface area is 301 Å². The summed E-state index contributed by atoms with van der Waals surface area (Å²) >= 11 is 1.87. The first-order chi connectivity index (χ1) is 24.3. The van der Waals surface area contributed by atoms with Crippen LogP contribution in [0.4, 0.5) is 18.0 Å². The van der Waals surface area contributed by atoms with Crippen LogP contribution in [0.3, 0.4) is 0 Å². The molecule has 2 amide bonds. The number of alkyl carbamates (subject to hydrolysis) is 1. The summed E-state index contributed by atoms with van der Waals surface area (Å²) in [4.78, 5) is 30.3. The number of carbonyl (C=O) groups is 2. The van der Waals surface area contributed by atoms with E-state index in [4.69, 9.17) is 4.74 Å². The van der Waals surface area contributed by atoms with E-state index in [0.29, 0.717) is 32.7 Å². The number of rotatable bonds is 13. The molecule has 3 aromatic carbocycles. The number of carbonyl (C=O) groups excluding carboxylic acids is 2. The van der Waals surface area contributed by atoms with Crippen molar-refractivity contribution in [3.63, 3.8) is 0 Å². The predicted octanol–water partition coefficient (Wildman–Crippen LogP) is 6.77. The van der Waals surface area contributed by atoms with Crippen molar-refractivity contribution in [3.05, 3.63) is 117 Å². The zero-order valence-corrected chi connectivity index (χ0v) is 30.0.